The van der Waals surface area contributed by atoms with Crippen LogP contribution < -0.4 is 10.0 Å². The van der Waals surface area contributed by atoms with Crippen LogP contribution in [0.2, 0.25) is 0 Å². The highest BCUT2D eigenvalue weighted by Crippen LogP contribution is 2.35. The summed E-state index contributed by atoms with van der Waals surface area (Å²) in [6, 6.07) is 7.14. The number of aromatic amines is 1. The maximum atomic E-state index is 13.1. The molecule has 3 rings (SSSR count). The van der Waals surface area contributed by atoms with E-state index in [1.54, 1.807) is 17.5 Å². The highest BCUT2D eigenvalue weighted by atomic mass is 32.2. The Kier molecular flexibility index (Phi) is 4.61. The van der Waals surface area contributed by atoms with Crippen LogP contribution in [0.4, 0.5) is 5.69 Å². The molecule has 2 aromatic heterocycles. The number of nitrogens with two attached hydrogens (primary N) is 1. The van der Waals surface area contributed by atoms with Crippen LogP contribution >= 0.6 is 23.6 Å². The molecule has 0 saturated heterocycles. The van der Waals surface area contributed by atoms with Gasteiger partial charge in [-0.15, -0.1) is 11.3 Å². The predicted molar refractivity (Wildman–Crippen MR) is 108 cm³/mol. The molecule has 0 fully saturated rings. The maximum absolute atomic E-state index is 13.1. The Hall–Kier alpha value is -1.90. The Bertz CT molecular complexity index is 1050. The summed E-state index contributed by atoms with van der Waals surface area (Å²) in [7, 11) is -3.63. The molecule has 0 bridgehead atoms. The van der Waals surface area contributed by atoms with Gasteiger partial charge in [0.15, 0.2) is 0 Å². The number of thiophene rings is 1. The van der Waals surface area contributed by atoms with Crippen molar-refractivity contribution < 1.29 is 8.42 Å². The van der Waals surface area contributed by atoms with Gasteiger partial charge < -0.3 is 10.7 Å². The van der Waals surface area contributed by atoms with E-state index < -0.39 is 10.0 Å². The normalized spacial score (nSPS) is 11.8. The van der Waals surface area contributed by atoms with Gasteiger partial charge in [0.05, 0.1) is 16.9 Å². The van der Waals surface area contributed by atoms with E-state index in [1.807, 2.05) is 32.9 Å². The van der Waals surface area contributed by atoms with E-state index in [-0.39, 0.29) is 4.99 Å². The van der Waals surface area contributed by atoms with Crippen LogP contribution in [-0.2, 0) is 10.0 Å². The third-order valence-corrected chi connectivity index (χ3v) is 7.77. The van der Waals surface area contributed by atoms with Gasteiger partial charge in [-0.05, 0) is 55.5 Å². The molecule has 25 heavy (non-hydrogen) atoms. The summed E-state index contributed by atoms with van der Waals surface area (Å²) in [6.07, 6.45) is 0. The van der Waals surface area contributed by atoms with E-state index in [9.17, 15) is 8.42 Å². The Morgan fingerprint density at radius 2 is 2.08 bits per heavy atom. The molecular formula is C17H19N3O2S3. The zero-order chi connectivity index (χ0) is 18.4. The number of sulfonamides is 1. The van der Waals surface area contributed by atoms with Crippen LogP contribution in [0.15, 0.2) is 33.9 Å². The fourth-order valence-corrected chi connectivity index (χ4v) is 5.56. The van der Waals surface area contributed by atoms with Crippen molar-refractivity contribution in [3.8, 4) is 0 Å². The number of rotatable bonds is 5. The number of hydrogen-bond acceptors (Lipinski definition) is 4. The Labute approximate surface area is 156 Å². The second-order valence-electron chi connectivity index (χ2n) is 5.78. The SMILES string of the molecule is CCN(c1cc(C)c(C)c2cc(C(N)=S)[nH]c12)S(=O)(=O)c1cccs1. The van der Waals surface area contributed by atoms with E-state index in [0.29, 0.717) is 22.1 Å². The lowest BCUT2D eigenvalue weighted by Crippen LogP contribution is -2.30. The summed E-state index contributed by atoms with van der Waals surface area (Å²) in [5, 5.41) is 2.69. The number of hydrogen-bond donors (Lipinski definition) is 2. The number of nitrogens with one attached hydrogen (secondary N) is 1. The average Bonchev–Trinajstić information content (AvgIpc) is 3.22. The second kappa shape index (κ2) is 6.44. The van der Waals surface area contributed by atoms with Crippen molar-refractivity contribution in [1.82, 2.24) is 4.98 Å². The van der Waals surface area contributed by atoms with Gasteiger partial charge in [-0.25, -0.2) is 8.42 Å². The van der Waals surface area contributed by atoms with Crippen molar-refractivity contribution in [2.45, 2.75) is 25.0 Å². The molecule has 0 aliphatic heterocycles. The quantitative estimate of drug-likeness (QED) is 0.648. The van der Waals surface area contributed by atoms with Crippen molar-refractivity contribution in [3.05, 3.63) is 46.5 Å². The number of fused-ring (bicyclic) bond motifs is 1. The summed E-state index contributed by atoms with van der Waals surface area (Å²) in [5.41, 5.74) is 9.81. The first-order valence-electron chi connectivity index (χ1n) is 7.76. The number of thiocarbonyl (C=S) groups is 1. The standard InChI is InChI=1S/C17H19N3O2S3/c1-4-20(25(21,22)15-6-5-7-24-15)14-8-10(2)11(3)12-9-13(17(18)23)19-16(12)14/h5-9,19H,4H2,1-3H3,(H2,18,23). The molecule has 0 unspecified atom stereocenters. The molecule has 0 spiro atoms. The Morgan fingerprint density at radius 1 is 1.36 bits per heavy atom. The lowest BCUT2D eigenvalue weighted by atomic mass is 10.0. The highest BCUT2D eigenvalue weighted by molar-refractivity contribution is 7.94. The first-order chi connectivity index (χ1) is 11.8. The molecule has 0 radical (unpaired) electrons. The van der Waals surface area contributed by atoms with Crippen molar-refractivity contribution in [2.24, 2.45) is 5.73 Å². The molecule has 0 saturated carbocycles. The van der Waals surface area contributed by atoms with Crippen LogP contribution in [0.5, 0.6) is 0 Å². The lowest BCUT2D eigenvalue weighted by Gasteiger charge is -2.24. The number of benzene rings is 1. The number of H-pyrrole nitrogens is 1. The van der Waals surface area contributed by atoms with E-state index in [0.717, 1.165) is 22.0 Å². The molecule has 3 N–H and O–H groups in total. The molecule has 2 heterocycles. The number of aryl methyl sites for hydroxylation is 2. The monoisotopic (exact) mass is 393 g/mol. The van der Waals surface area contributed by atoms with Gasteiger partial charge in [-0.2, -0.15) is 0 Å². The van der Waals surface area contributed by atoms with E-state index >= 15 is 0 Å². The van der Waals surface area contributed by atoms with Gasteiger partial charge in [-0.3, -0.25) is 4.31 Å². The number of aromatic nitrogens is 1. The van der Waals surface area contributed by atoms with Crippen LogP contribution in [0.3, 0.4) is 0 Å². The fourth-order valence-electron chi connectivity index (χ4n) is 2.87. The minimum Gasteiger partial charge on any atom is -0.388 e. The minimum absolute atomic E-state index is 0.253. The van der Waals surface area contributed by atoms with Crippen LogP contribution in [0.1, 0.15) is 23.7 Å². The molecule has 132 valence electrons. The predicted octanol–water partition coefficient (Wildman–Crippen LogP) is 3.70. The maximum Gasteiger partial charge on any atom is 0.273 e. The average molecular weight is 394 g/mol. The second-order valence-corrected chi connectivity index (χ2v) is 9.25. The number of nitrogens with zero attached hydrogens (tertiary/aromatic N) is 1. The van der Waals surface area contributed by atoms with Gasteiger partial charge in [0.1, 0.15) is 9.20 Å². The topological polar surface area (TPSA) is 79.2 Å². The summed E-state index contributed by atoms with van der Waals surface area (Å²) in [6.45, 7) is 6.11. The van der Waals surface area contributed by atoms with E-state index in [1.165, 1.54) is 15.6 Å². The number of anilines is 1. The molecular weight excluding hydrogens is 374 g/mol. The van der Waals surface area contributed by atoms with Crippen molar-refractivity contribution in [1.29, 1.82) is 0 Å². The molecule has 0 amide bonds. The molecule has 1 aromatic carbocycles. The van der Waals surface area contributed by atoms with Gasteiger partial charge in [0, 0.05) is 11.9 Å². The van der Waals surface area contributed by atoms with Crippen LogP contribution in [-0.4, -0.2) is 24.9 Å². The summed E-state index contributed by atoms with van der Waals surface area (Å²) < 4.78 is 27.9. The Balaban J connectivity index is 2.30. The lowest BCUT2D eigenvalue weighted by molar-refractivity contribution is 0.594. The molecule has 8 heteroatoms. The van der Waals surface area contributed by atoms with Crippen molar-refractivity contribution in [3.63, 3.8) is 0 Å². The summed E-state index contributed by atoms with van der Waals surface area (Å²) >= 11 is 6.28. The zero-order valence-electron chi connectivity index (χ0n) is 14.2. The molecule has 0 atom stereocenters. The van der Waals surface area contributed by atoms with Crippen LogP contribution in [0.25, 0.3) is 10.9 Å². The fraction of sp³-hybridized carbons (Fsp3) is 0.235. The first-order valence-corrected chi connectivity index (χ1v) is 10.5. The molecule has 3 aromatic rings. The highest BCUT2D eigenvalue weighted by Gasteiger charge is 2.27. The smallest absolute Gasteiger partial charge is 0.273 e. The molecule has 5 nitrogen and oxygen atoms in total. The third-order valence-electron chi connectivity index (χ3n) is 4.28. The van der Waals surface area contributed by atoms with Gasteiger partial charge in [-0.1, -0.05) is 18.3 Å². The molecule has 0 aliphatic rings. The van der Waals surface area contributed by atoms with Gasteiger partial charge in [0.25, 0.3) is 10.0 Å². The van der Waals surface area contributed by atoms with E-state index in [4.69, 9.17) is 18.0 Å². The third kappa shape index (κ3) is 2.94. The Morgan fingerprint density at radius 3 is 2.64 bits per heavy atom. The minimum atomic E-state index is -3.63. The summed E-state index contributed by atoms with van der Waals surface area (Å²) in [4.78, 5) is 3.45. The zero-order valence-corrected chi connectivity index (χ0v) is 16.6. The largest absolute Gasteiger partial charge is 0.388 e. The van der Waals surface area contributed by atoms with Gasteiger partial charge in [0.2, 0.25) is 0 Å². The van der Waals surface area contributed by atoms with E-state index in [2.05, 4.69) is 4.98 Å². The molecule has 0 aliphatic carbocycles. The van der Waals surface area contributed by atoms with Crippen molar-refractivity contribution >= 4 is 55.2 Å². The first kappa shape index (κ1) is 17.9. The van der Waals surface area contributed by atoms with Crippen LogP contribution in [0, 0.1) is 13.8 Å². The summed E-state index contributed by atoms with van der Waals surface area (Å²) in [5.74, 6) is 0. The van der Waals surface area contributed by atoms with Gasteiger partial charge >= 0.3 is 0 Å². The van der Waals surface area contributed by atoms with Crippen molar-refractivity contribution in [2.75, 3.05) is 10.8 Å².